The first-order valence-electron chi connectivity index (χ1n) is 9.30. The van der Waals surface area contributed by atoms with Gasteiger partial charge >= 0.3 is 0 Å². The lowest BCUT2D eigenvalue weighted by Crippen LogP contribution is -2.52. The molecule has 1 aromatic heterocycles. The van der Waals surface area contributed by atoms with Crippen molar-refractivity contribution in [1.29, 1.82) is 0 Å². The van der Waals surface area contributed by atoms with Crippen LogP contribution in [0.25, 0.3) is 0 Å². The van der Waals surface area contributed by atoms with Crippen LogP contribution in [0.2, 0.25) is 0 Å². The van der Waals surface area contributed by atoms with Crippen LogP contribution in [0.3, 0.4) is 0 Å². The van der Waals surface area contributed by atoms with Crippen LogP contribution in [0.5, 0.6) is 0 Å². The highest BCUT2D eigenvalue weighted by Gasteiger charge is 2.29. The Balaban J connectivity index is 1.45. The predicted molar refractivity (Wildman–Crippen MR) is 96.4 cm³/mol. The molecule has 4 rings (SSSR count). The van der Waals surface area contributed by atoms with Gasteiger partial charge in [-0.2, -0.15) is 0 Å². The molecule has 24 heavy (non-hydrogen) atoms. The summed E-state index contributed by atoms with van der Waals surface area (Å²) in [6, 6.07) is 11.4. The van der Waals surface area contributed by atoms with Crippen molar-refractivity contribution >= 4 is 5.95 Å². The second kappa shape index (κ2) is 6.93. The van der Waals surface area contributed by atoms with Crippen LogP contribution < -0.4 is 4.90 Å². The molecule has 1 saturated carbocycles. The Hall–Kier alpha value is -1.88. The van der Waals surface area contributed by atoms with E-state index in [1.807, 2.05) is 0 Å². The van der Waals surface area contributed by atoms with Crippen molar-refractivity contribution in [1.82, 2.24) is 19.7 Å². The second-order valence-corrected chi connectivity index (χ2v) is 6.93. The minimum absolute atomic E-state index is 0.851. The third-order valence-corrected chi connectivity index (χ3v) is 5.52. The monoisotopic (exact) mass is 325 g/mol. The highest BCUT2D eigenvalue weighted by molar-refractivity contribution is 5.33. The van der Waals surface area contributed by atoms with Gasteiger partial charge in [-0.05, 0) is 25.3 Å². The van der Waals surface area contributed by atoms with Crippen LogP contribution in [0.4, 0.5) is 5.95 Å². The van der Waals surface area contributed by atoms with E-state index in [-0.39, 0.29) is 0 Å². The average molecular weight is 325 g/mol. The van der Waals surface area contributed by atoms with Gasteiger partial charge in [-0.3, -0.25) is 9.47 Å². The molecule has 1 aliphatic carbocycles. The molecule has 1 aliphatic heterocycles. The summed E-state index contributed by atoms with van der Waals surface area (Å²) in [5.74, 6) is 2.12. The lowest BCUT2D eigenvalue weighted by Gasteiger charge is -2.43. The van der Waals surface area contributed by atoms with Gasteiger partial charge in [0.2, 0.25) is 5.95 Å². The molecule has 128 valence electrons. The van der Waals surface area contributed by atoms with Gasteiger partial charge in [-0.1, -0.05) is 36.8 Å². The maximum absolute atomic E-state index is 4.53. The van der Waals surface area contributed by atoms with Gasteiger partial charge in [-0.25, -0.2) is 0 Å². The Bertz CT molecular complexity index is 654. The van der Waals surface area contributed by atoms with Crippen molar-refractivity contribution in [2.45, 2.75) is 45.2 Å². The first-order valence-corrected chi connectivity index (χ1v) is 9.30. The maximum atomic E-state index is 4.53. The summed E-state index contributed by atoms with van der Waals surface area (Å²) < 4.78 is 2.28. The number of hydrogen-bond acceptors (Lipinski definition) is 4. The molecule has 0 N–H and O–H groups in total. The van der Waals surface area contributed by atoms with E-state index in [9.17, 15) is 0 Å². The average Bonchev–Trinajstić information content (AvgIpc) is 2.97. The van der Waals surface area contributed by atoms with E-state index in [0.29, 0.717) is 0 Å². The van der Waals surface area contributed by atoms with Gasteiger partial charge in [0, 0.05) is 45.2 Å². The Labute approximate surface area is 144 Å². The molecule has 2 fully saturated rings. The van der Waals surface area contributed by atoms with Gasteiger partial charge < -0.3 is 4.90 Å². The second-order valence-electron chi connectivity index (χ2n) is 6.93. The van der Waals surface area contributed by atoms with E-state index in [4.69, 9.17) is 0 Å². The Kier molecular flexibility index (Phi) is 4.52. The normalized spacial score (nSPS) is 19.5. The number of anilines is 1. The molecule has 5 heteroatoms. The Morgan fingerprint density at radius 2 is 1.75 bits per heavy atom. The molecule has 2 aliphatic rings. The highest BCUT2D eigenvalue weighted by Crippen LogP contribution is 2.26. The van der Waals surface area contributed by atoms with Crippen LogP contribution in [0.1, 0.15) is 37.6 Å². The minimum Gasteiger partial charge on any atom is -0.338 e. The lowest BCUT2D eigenvalue weighted by atomic mass is 9.91. The number of rotatable bonds is 5. The SMILES string of the molecule is CCn1c(Cc2ccccc2)nnc1N1CCN(C2CCC2)CC1. The molecule has 0 spiro atoms. The summed E-state index contributed by atoms with van der Waals surface area (Å²) in [7, 11) is 0. The minimum atomic E-state index is 0.851. The van der Waals surface area contributed by atoms with Crippen LogP contribution in [-0.2, 0) is 13.0 Å². The quantitative estimate of drug-likeness (QED) is 0.847. The van der Waals surface area contributed by atoms with Gasteiger partial charge in [0.25, 0.3) is 0 Å². The number of nitrogens with zero attached hydrogens (tertiary/aromatic N) is 5. The summed E-state index contributed by atoms with van der Waals surface area (Å²) >= 11 is 0. The Morgan fingerprint density at radius 3 is 2.38 bits per heavy atom. The van der Waals surface area contributed by atoms with Gasteiger partial charge in [0.15, 0.2) is 0 Å². The molecule has 0 unspecified atom stereocenters. The summed E-state index contributed by atoms with van der Waals surface area (Å²) in [4.78, 5) is 5.08. The predicted octanol–water partition coefficient (Wildman–Crippen LogP) is 2.56. The molecule has 1 saturated heterocycles. The molecule has 2 aromatic rings. The standard InChI is InChI=1S/C19H27N5/c1-2-24-18(15-16-7-4-3-5-8-16)20-21-19(24)23-13-11-22(12-14-23)17-9-6-10-17/h3-5,7-8,17H,2,6,9-15H2,1H3. The van der Waals surface area contributed by atoms with Crippen molar-refractivity contribution in [3.8, 4) is 0 Å². The van der Waals surface area contributed by atoms with E-state index in [0.717, 1.165) is 57.0 Å². The molecule has 5 nitrogen and oxygen atoms in total. The number of benzene rings is 1. The summed E-state index contributed by atoms with van der Waals surface area (Å²) in [6.45, 7) is 7.57. The van der Waals surface area contributed by atoms with Crippen molar-refractivity contribution in [3.05, 3.63) is 41.7 Å². The third kappa shape index (κ3) is 3.05. The Morgan fingerprint density at radius 1 is 1.00 bits per heavy atom. The van der Waals surface area contributed by atoms with Crippen LogP contribution in [0, 0.1) is 0 Å². The van der Waals surface area contributed by atoms with Crippen molar-refractivity contribution in [2.75, 3.05) is 31.1 Å². The van der Waals surface area contributed by atoms with Crippen molar-refractivity contribution in [2.24, 2.45) is 0 Å². The van der Waals surface area contributed by atoms with E-state index >= 15 is 0 Å². The van der Waals surface area contributed by atoms with Crippen LogP contribution in [0.15, 0.2) is 30.3 Å². The molecular weight excluding hydrogens is 298 g/mol. The van der Waals surface area contributed by atoms with E-state index in [1.165, 1.54) is 24.8 Å². The van der Waals surface area contributed by atoms with Crippen molar-refractivity contribution < 1.29 is 0 Å². The van der Waals surface area contributed by atoms with Crippen LogP contribution >= 0.6 is 0 Å². The summed E-state index contributed by atoms with van der Waals surface area (Å²) in [6.07, 6.45) is 5.06. The number of piperazine rings is 1. The molecule has 0 atom stereocenters. The van der Waals surface area contributed by atoms with E-state index in [2.05, 4.69) is 61.8 Å². The highest BCUT2D eigenvalue weighted by atomic mass is 15.4. The molecule has 0 bridgehead atoms. The largest absolute Gasteiger partial charge is 0.338 e. The van der Waals surface area contributed by atoms with Gasteiger partial charge in [0.05, 0.1) is 0 Å². The fourth-order valence-electron chi connectivity index (χ4n) is 3.83. The topological polar surface area (TPSA) is 37.2 Å². The molecule has 0 amide bonds. The van der Waals surface area contributed by atoms with E-state index < -0.39 is 0 Å². The zero-order valence-electron chi connectivity index (χ0n) is 14.6. The maximum Gasteiger partial charge on any atom is 0.227 e. The first-order chi connectivity index (χ1) is 11.8. The van der Waals surface area contributed by atoms with Gasteiger partial charge in [-0.15, -0.1) is 10.2 Å². The lowest BCUT2D eigenvalue weighted by molar-refractivity contribution is 0.120. The zero-order valence-corrected chi connectivity index (χ0v) is 14.6. The van der Waals surface area contributed by atoms with Crippen molar-refractivity contribution in [3.63, 3.8) is 0 Å². The number of aromatic nitrogens is 3. The third-order valence-electron chi connectivity index (χ3n) is 5.52. The molecule has 2 heterocycles. The first kappa shape index (κ1) is 15.6. The fraction of sp³-hybridized carbons (Fsp3) is 0.579. The molecular formula is C19H27N5. The molecule has 1 aromatic carbocycles. The smallest absolute Gasteiger partial charge is 0.227 e. The fourth-order valence-corrected chi connectivity index (χ4v) is 3.83. The number of hydrogen-bond donors (Lipinski definition) is 0. The van der Waals surface area contributed by atoms with E-state index in [1.54, 1.807) is 0 Å². The van der Waals surface area contributed by atoms with Gasteiger partial charge in [0.1, 0.15) is 5.82 Å². The summed E-state index contributed by atoms with van der Waals surface area (Å²) in [5.41, 5.74) is 1.29. The summed E-state index contributed by atoms with van der Waals surface area (Å²) in [5, 5.41) is 9.03. The molecule has 0 radical (unpaired) electrons. The zero-order chi connectivity index (χ0) is 16.4. The van der Waals surface area contributed by atoms with Crippen LogP contribution in [-0.4, -0.2) is 51.9 Å².